The number of thiazole rings is 1. The second kappa shape index (κ2) is 5.99. The zero-order valence-corrected chi connectivity index (χ0v) is 12.1. The van der Waals surface area contributed by atoms with Gasteiger partial charge in [-0.2, -0.15) is 0 Å². The monoisotopic (exact) mass is 289 g/mol. The van der Waals surface area contributed by atoms with Crippen LogP contribution in [0.1, 0.15) is 25.7 Å². The van der Waals surface area contributed by atoms with Crippen molar-refractivity contribution in [3.8, 4) is 0 Å². The molecule has 1 aromatic heterocycles. The maximum Gasteiger partial charge on any atom is 0.208 e. The molecule has 0 saturated heterocycles. The molecule has 1 fully saturated rings. The number of nitrogens with zero attached hydrogens (tertiary/aromatic N) is 1. The molecular formula is C11H19N3O2S2. The van der Waals surface area contributed by atoms with Crippen LogP contribution in [0.4, 0.5) is 5.13 Å². The average Bonchev–Trinajstić information content (AvgIpc) is 2.80. The van der Waals surface area contributed by atoms with Crippen LogP contribution < -0.4 is 10.0 Å². The van der Waals surface area contributed by atoms with Gasteiger partial charge in [-0.15, -0.1) is 11.3 Å². The molecule has 102 valence electrons. The van der Waals surface area contributed by atoms with Gasteiger partial charge in [-0.3, -0.25) is 0 Å². The van der Waals surface area contributed by atoms with Crippen LogP contribution in [0.15, 0.2) is 11.6 Å². The summed E-state index contributed by atoms with van der Waals surface area (Å²) in [6.07, 6.45) is 7.29. The van der Waals surface area contributed by atoms with E-state index in [0.717, 1.165) is 30.8 Å². The first-order chi connectivity index (χ1) is 8.53. The molecule has 2 rings (SSSR count). The van der Waals surface area contributed by atoms with Crippen molar-refractivity contribution in [2.45, 2.75) is 31.7 Å². The maximum atomic E-state index is 11.0. The summed E-state index contributed by atoms with van der Waals surface area (Å²) in [5, 5.41) is 6.36. The molecule has 0 aliphatic heterocycles. The second-order valence-electron chi connectivity index (χ2n) is 4.82. The number of nitrogens with one attached hydrogen (secondary N) is 2. The molecule has 0 aromatic carbocycles. The Morgan fingerprint density at radius 2 is 2.11 bits per heavy atom. The van der Waals surface area contributed by atoms with Gasteiger partial charge in [-0.05, 0) is 31.6 Å². The minimum Gasteiger partial charge on any atom is -0.359 e. The lowest BCUT2D eigenvalue weighted by Crippen LogP contribution is -2.33. The molecule has 1 heterocycles. The van der Waals surface area contributed by atoms with Gasteiger partial charge in [0.05, 0.1) is 6.26 Å². The standard InChI is InChI=1S/C11H19N3O2S2/c1-18(15,16)13-8-9-2-4-10(5-3-9)14-11-12-6-7-17-11/h6-7,9-10,13H,2-5,8H2,1H3,(H,12,14). The van der Waals surface area contributed by atoms with Crippen molar-refractivity contribution >= 4 is 26.5 Å². The van der Waals surface area contributed by atoms with E-state index in [1.807, 2.05) is 5.38 Å². The van der Waals surface area contributed by atoms with Crippen molar-refractivity contribution in [1.82, 2.24) is 9.71 Å². The van der Waals surface area contributed by atoms with Gasteiger partial charge in [0.1, 0.15) is 0 Å². The zero-order valence-electron chi connectivity index (χ0n) is 10.4. The zero-order chi connectivity index (χ0) is 13.0. The molecule has 0 atom stereocenters. The van der Waals surface area contributed by atoms with Crippen molar-refractivity contribution < 1.29 is 8.42 Å². The van der Waals surface area contributed by atoms with Crippen molar-refractivity contribution in [3.63, 3.8) is 0 Å². The normalized spacial score (nSPS) is 24.9. The van der Waals surface area contributed by atoms with Crippen LogP contribution in [0, 0.1) is 5.92 Å². The molecule has 1 aliphatic rings. The number of aromatic nitrogens is 1. The van der Waals surface area contributed by atoms with Gasteiger partial charge in [-0.25, -0.2) is 18.1 Å². The molecule has 18 heavy (non-hydrogen) atoms. The number of rotatable bonds is 5. The van der Waals surface area contributed by atoms with E-state index in [2.05, 4.69) is 15.0 Å². The van der Waals surface area contributed by atoms with Gasteiger partial charge < -0.3 is 5.32 Å². The van der Waals surface area contributed by atoms with Crippen molar-refractivity contribution in [2.75, 3.05) is 18.1 Å². The highest BCUT2D eigenvalue weighted by atomic mass is 32.2. The molecule has 0 amide bonds. The smallest absolute Gasteiger partial charge is 0.208 e. The molecular weight excluding hydrogens is 270 g/mol. The van der Waals surface area contributed by atoms with E-state index in [1.54, 1.807) is 17.5 Å². The van der Waals surface area contributed by atoms with Crippen LogP contribution in [-0.4, -0.2) is 32.2 Å². The Hall–Kier alpha value is -0.660. The van der Waals surface area contributed by atoms with E-state index in [9.17, 15) is 8.42 Å². The molecule has 0 bridgehead atoms. The number of sulfonamides is 1. The van der Waals surface area contributed by atoms with Crippen LogP contribution in [0.2, 0.25) is 0 Å². The molecule has 2 N–H and O–H groups in total. The molecule has 0 radical (unpaired) electrons. The third-order valence-electron chi connectivity index (χ3n) is 3.24. The number of hydrogen-bond acceptors (Lipinski definition) is 5. The molecule has 5 nitrogen and oxygen atoms in total. The van der Waals surface area contributed by atoms with Crippen LogP contribution in [-0.2, 0) is 10.0 Å². The highest BCUT2D eigenvalue weighted by Crippen LogP contribution is 2.26. The Morgan fingerprint density at radius 3 is 2.67 bits per heavy atom. The largest absolute Gasteiger partial charge is 0.359 e. The Balaban J connectivity index is 1.71. The SMILES string of the molecule is CS(=O)(=O)NCC1CCC(Nc2nccs2)CC1. The van der Waals surface area contributed by atoms with E-state index < -0.39 is 10.0 Å². The minimum atomic E-state index is -3.05. The fraction of sp³-hybridized carbons (Fsp3) is 0.727. The minimum absolute atomic E-state index is 0.467. The van der Waals surface area contributed by atoms with Gasteiger partial charge in [0.2, 0.25) is 10.0 Å². The maximum absolute atomic E-state index is 11.0. The van der Waals surface area contributed by atoms with Crippen molar-refractivity contribution in [3.05, 3.63) is 11.6 Å². The molecule has 7 heteroatoms. The van der Waals surface area contributed by atoms with Gasteiger partial charge >= 0.3 is 0 Å². The summed E-state index contributed by atoms with van der Waals surface area (Å²) >= 11 is 1.62. The first-order valence-electron chi connectivity index (χ1n) is 6.13. The summed E-state index contributed by atoms with van der Waals surface area (Å²) in [4.78, 5) is 4.21. The quantitative estimate of drug-likeness (QED) is 0.865. The van der Waals surface area contributed by atoms with Crippen LogP contribution in [0.5, 0.6) is 0 Å². The van der Waals surface area contributed by atoms with Gasteiger partial charge in [0.15, 0.2) is 5.13 Å². The number of hydrogen-bond donors (Lipinski definition) is 2. The summed E-state index contributed by atoms with van der Waals surface area (Å²) < 4.78 is 24.6. The lowest BCUT2D eigenvalue weighted by Gasteiger charge is -2.28. The van der Waals surface area contributed by atoms with Crippen molar-refractivity contribution in [1.29, 1.82) is 0 Å². The van der Waals surface area contributed by atoms with E-state index in [4.69, 9.17) is 0 Å². The summed E-state index contributed by atoms with van der Waals surface area (Å²) in [6.45, 7) is 0.572. The highest BCUT2D eigenvalue weighted by molar-refractivity contribution is 7.88. The summed E-state index contributed by atoms with van der Waals surface area (Å²) in [5.74, 6) is 0.467. The molecule has 1 saturated carbocycles. The fourth-order valence-electron chi connectivity index (χ4n) is 2.25. The van der Waals surface area contributed by atoms with Gasteiger partial charge in [0, 0.05) is 24.2 Å². The topological polar surface area (TPSA) is 71.1 Å². The molecule has 1 aliphatic carbocycles. The lowest BCUT2D eigenvalue weighted by atomic mass is 9.86. The third-order valence-corrected chi connectivity index (χ3v) is 4.64. The Kier molecular flexibility index (Phi) is 4.58. The van der Waals surface area contributed by atoms with E-state index in [-0.39, 0.29) is 0 Å². The average molecular weight is 289 g/mol. The Bertz CT molecular complexity index is 451. The van der Waals surface area contributed by atoms with Crippen LogP contribution in [0.3, 0.4) is 0 Å². The Labute approximate surface area is 112 Å². The van der Waals surface area contributed by atoms with Crippen LogP contribution in [0.25, 0.3) is 0 Å². The van der Waals surface area contributed by atoms with E-state index in [0.29, 0.717) is 18.5 Å². The molecule has 1 aromatic rings. The first kappa shape index (κ1) is 13.8. The first-order valence-corrected chi connectivity index (χ1v) is 8.91. The second-order valence-corrected chi connectivity index (χ2v) is 7.55. The van der Waals surface area contributed by atoms with Crippen LogP contribution >= 0.6 is 11.3 Å². The predicted molar refractivity (Wildman–Crippen MR) is 74.3 cm³/mol. The van der Waals surface area contributed by atoms with Gasteiger partial charge in [0.25, 0.3) is 0 Å². The van der Waals surface area contributed by atoms with Gasteiger partial charge in [-0.1, -0.05) is 0 Å². The number of anilines is 1. The van der Waals surface area contributed by atoms with E-state index in [1.165, 1.54) is 6.26 Å². The predicted octanol–water partition coefficient (Wildman–Crippen LogP) is 1.66. The lowest BCUT2D eigenvalue weighted by molar-refractivity contribution is 0.337. The summed E-state index contributed by atoms with van der Waals surface area (Å²) in [6, 6.07) is 0.477. The summed E-state index contributed by atoms with van der Waals surface area (Å²) in [5.41, 5.74) is 0. The Morgan fingerprint density at radius 1 is 1.39 bits per heavy atom. The molecule has 0 spiro atoms. The fourth-order valence-corrected chi connectivity index (χ4v) is 3.39. The molecule has 0 unspecified atom stereocenters. The van der Waals surface area contributed by atoms with E-state index >= 15 is 0 Å². The highest BCUT2D eigenvalue weighted by Gasteiger charge is 2.22. The summed E-state index contributed by atoms with van der Waals surface area (Å²) in [7, 11) is -3.05. The third kappa shape index (κ3) is 4.55. The van der Waals surface area contributed by atoms with Crippen molar-refractivity contribution in [2.24, 2.45) is 5.92 Å².